The molecule has 21 heavy (non-hydrogen) atoms. The van der Waals surface area contributed by atoms with Crippen LogP contribution in [-0.2, 0) is 4.74 Å². The molecule has 1 fully saturated rings. The average Bonchev–Trinajstić information content (AvgIpc) is 2.48. The summed E-state index contributed by atoms with van der Waals surface area (Å²) in [7, 11) is 0. The third kappa shape index (κ3) is 3.22. The zero-order chi connectivity index (χ0) is 14.7. The molecule has 0 radical (unpaired) electrons. The number of hydrogen-bond acceptors (Lipinski definition) is 5. The second-order valence-corrected chi connectivity index (χ2v) is 4.98. The number of morpholine rings is 1. The van der Waals surface area contributed by atoms with Crippen molar-refractivity contribution in [1.29, 1.82) is 0 Å². The molecule has 0 amide bonds. The molecular weight excluding hydrogens is 268 g/mol. The van der Waals surface area contributed by atoms with Crippen molar-refractivity contribution in [3.05, 3.63) is 46.4 Å². The molecule has 0 aliphatic carbocycles. The van der Waals surface area contributed by atoms with Crippen molar-refractivity contribution >= 4 is 17.3 Å². The van der Waals surface area contributed by atoms with E-state index in [0.717, 1.165) is 37.7 Å². The van der Waals surface area contributed by atoms with Crippen LogP contribution in [0, 0.1) is 6.92 Å². The van der Waals surface area contributed by atoms with Gasteiger partial charge in [-0.05, 0) is 19.1 Å². The molecule has 0 saturated carbocycles. The van der Waals surface area contributed by atoms with E-state index in [9.17, 15) is 4.79 Å². The maximum absolute atomic E-state index is 11.5. The van der Waals surface area contributed by atoms with E-state index in [1.807, 2.05) is 18.2 Å². The van der Waals surface area contributed by atoms with Crippen molar-refractivity contribution in [2.45, 2.75) is 6.92 Å². The van der Waals surface area contributed by atoms with Crippen LogP contribution in [0.4, 0.5) is 17.3 Å². The van der Waals surface area contributed by atoms with Gasteiger partial charge in [-0.1, -0.05) is 12.1 Å². The summed E-state index contributed by atoms with van der Waals surface area (Å²) in [6, 6.07) is 9.47. The minimum atomic E-state index is -0.158. The van der Waals surface area contributed by atoms with Gasteiger partial charge in [0.2, 0.25) is 5.95 Å². The number of benzene rings is 1. The lowest BCUT2D eigenvalue weighted by Gasteiger charge is -2.30. The molecule has 0 unspecified atom stereocenters. The molecule has 3 rings (SSSR count). The summed E-state index contributed by atoms with van der Waals surface area (Å²) < 4.78 is 5.39. The molecule has 6 heteroatoms. The summed E-state index contributed by atoms with van der Waals surface area (Å²) in [5.74, 6) is 0.459. The van der Waals surface area contributed by atoms with E-state index in [1.165, 1.54) is 6.07 Å². The van der Waals surface area contributed by atoms with E-state index in [4.69, 9.17) is 4.74 Å². The lowest BCUT2D eigenvalue weighted by atomic mass is 10.2. The molecule has 6 nitrogen and oxygen atoms in total. The van der Waals surface area contributed by atoms with E-state index >= 15 is 0 Å². The first-order valence-electron chi connectivity index (χ1n) is 6.99. The minimum Gasteiger partial charge on any atom is -0.378 e. The van der Waals surface area contributed by atoms with E-state index in [2.05, 4.69) is 26.3 Å². The maximum atomic E-state index is 11.5. The van der Waals surface area contributed by atoms with Crippen molar-refractivity contribution in [3.63, 3.8) is 0 Å². The zero-order valence-electron chi connectivity index (χ0n) is 11.9. The Balaban J connectivity index is 1.89. The fourth-order valence-electron chi connectivity index (χ4n) is 2.43. The Hall–Kier alpha value is -2.34. The van der Waals surface area contributed by atoms with Gasteiger partial charge in [0.1, 0.15) is 0 Å². The van der Waals surface area contributed by atoms with Gasteiger partial charge < -0.3 is 15.0 Å². The highest BCUT2D eigenvalue weighted by molar-refractivity contribution is 5.73. The average molecular weight is 286 g/mol. The summed E-state index contributed by atoms with van der Waals surface area (Å²) >= 11 is 0. The van der Waals surface area contributed by atoms with Crippen LogP contribution in [0.25, 0.3) is 0 Å². The Morgan fingerprint density at radius 3 is 2.81 bits per heavy atom. The summed E-state index contributed by atoms with van der Waals surface area (Å²) in [4.78, 5) is 20.8. The van der Waals surface area contributed by atoms with Crippen molar-refractivity contribution < 1.29 is 4.74 Å². The third-order valence-electron chi connectivity index (χ3n) is 3.38. The molecular formula is C15H18N4O2. The Bertz CT molecular complexity index is 677. The number of aromatic amines is 1. The molecule has 2 aromatic rings. The van der Waals surface area contributed by atoms with Crippen LogP contribution >= 0.6 is 0 Å². The number of aryl methyl sites for hydroxylation is 1. The molecule has 0 atom stereocenters. The van der Waals surface area contributed by atoms with Gasteiger partial charge in [-0.25, -0.2) is 4.98 Å². The first-order chi connectivity index (χ1) is 10.2. The van der Waals surface area contributed by atoms with Gasteiger partial charge in [-0.3, -0.25) is 9.78 Å². The second kappa shape index (κ2) is 5.97. The van der Waals surface area contributed by atoms with E-state index < -0.39 is 0 Å². The van der Waals surface area contributed by atoms with Crippen LogP contribution in [-0.4, -0.2) is 36.3 Å². The van der Waals surface area contributed by atoms with Crippen LogP contribution in [0.3, 0.4) is 0 Å². The third-order valence-corrected chi connectivity index (χ3v) is 3.38. The van der Waals surface area contributed by atoms with Crippen LogP contribution in [0.15, 0.2) is 35.1 Å². The Morgan fingerprint density at radius 2 is 2.05 bits per heavy atom. The summed E-state index contributed by atoms with van der Waals surface area (Å²) in [5.41, 5.74) is 2.54. The number of anilines is 3. The number of aromatic nitrogens is 2. The van der Waals surface area contributed by atoms with E-state index in [1.54, 1.807) is 6.92 Å². The summed E-state index contributed by atoms with van der Waals surface area (Å²) in [6.45, 7) is 4.98. The number of nitrogens with one attached hydrogen (secondary N) is 2. The van der Waals surface area contributed by atoms with Gasteiger partial charge in [0.15, 0.2) is 0 Å². The van der Waals surface area contributed by atoms with Gasteiger partial charge in [0, 0.05) is 24.8 Å². The van der Waals surface area contributed by atoms with Gasteiger partial charge >= 0.3 is 0 Å². The quantitative estimate of drug-likeness (QED) is 0.898. The molecule has 1 aliphatic rings. The first kappa shape index (κ1) is 13.6. The van der Waals surface area contributed by atoms with Crippen LogP contribution in [0.5, 0.6) is 0 Å². The number of hydrogen-bond donors (Lipinski definition) is 2. The summed E-state index contributed by atoms with van der Waals surface area (Å²) in [5, 5.41) is 3.20. The fourth-order valence-corrected chi connectivity index (χ4v) is 2.43. The van der Waals surface area contributed by atoms with E-state index in [0.29, 0.717) is 11.6 Å². The summed E-state index contributed by atoms with van der Waals surface area (Å²) in [6.07, 6.45) is 0. The van der Waals surface area contributed by atoms with Gasteiger partial charge in [0.25, 0.3) is 5.56 Å². The first-order valence-corrected chi connectivity index (χ1v) is 6.99. The molecule has 110 valence electrons. The van der Waals surface area contributed by atoms with Crippen molar-refractivity contribution in [1.82, 2.24) is 9.97 Å². The molecule has 1 aromatic heterocycles. The maximum Gasteiger partial charge on any atom is 0.252 e. The molecule has 1 saturated heterocycles. The molecule has 1 aliphatic heterocycles. The molecule has 0 spiro atoms. The monoisotopic (exact) mass is 286 g/mol. The number of rotatable bonds is 3. The predicted molar refractivity (Wildman–Crippen MR) is 82.4 cm³/mol. The zero-order valence-corrected chi connectivity index (χ0v) is 11.9. The SMILES string of the molecule is Cc1cc(=O)[nH]c(Nc2ccccc2N2CCOCC2)n1. The predicted octanol–water partition coefficient (Wildman–Crippen LogP) is 1.66. The Labute approximate surface area is 122 Å². The number of nitrogens with zero attached hydrogens (tertiary/aromatic N) is 2. The van der Waals surface area contributed by atoms with E-state index in [-0.39, 0.29) is 5.56 Å². The second-order valence-electron chi connectivity index (χ2n) is 4.98. The number of para-hydroxylation sites is 2. The topological polar surface area (TPSA) is 70.2 Å². The van der Waals surface area contributed by atoms with Gasteiger partial charge in [0.05, 0.1) is 24.6 Å². The lowest BCUT2D eigenvalue weighted by Crippen LogP contribution is -2.36. The Morgan fingerprint density at radius 1 is 1.29 bits per heavy atom. The van der Waals surface area contributed by atoms with Crippen molar-refractivity contribution in [3.8, 4) is 0 Å². The highest BCUT2D eigenvalue weighted by Gasteiger charge is 2.14. The molecule has 2 N–H and O–H groups in total. The highest BCUT2D eigenvalue weighted by atomic mass is 16.5. The number of H-pyrrole nitrogens is 1. The van der Waals surface area contributed by atoms with Crippen molar-refractivity contribution in [2.24, 2.45) is 0 Å². The minimum absolute atomic E-state index is 0.158. The standard InChI is InChI=1S/C15H18N4O2/c1-11-10-14(20)18-15(16-11)17-12-4-2-3-5-13(12)19-6-8-21-9-7-19/h2-5,10H,6-9H2,1H3,(H2,16,17,18,20). The van der Waals surface area contributed by atoms with Crippen molar-refractivity contribution in [2.75, 3.05) is 36.5 Å². The molecule has 2 heterocycles. The lowest BCUT2D eigenvalue weighted by molar-refractivity contribution is 0.123. The Kier molecular flexibility index (Phi) is 3.87. The highest BCUT2D eigenvalue weighted by Crippen LogP contribution is 2.27. The van der Waals surface area contributed by atoms with Crippen LogP contribution in [0.1, 0.15) is 5.69 Å². The van der Waals surface area contributed by atoms with Gasteiger partial charge in [-0.15, -0.1) is 0 Å². The fraction of sp³-hybridized carbons (Fsp3) is 0.333. The van der Waals surface area contributed by atoms with Crippen LogP contribution in [0.2, 0.25) is 0 Å². The van der Waals surface area contributed by atoms with Gasteiger partial charge in [-0.2, -0.15) is 0 Å². The molecule has 1 aromatic carbocycles. The van der Waals surface area contributed by atoms with Crippen LogP contribution < -0.4 is 15.8 Å². The largest absolute Gasteiger partial charge is 0.378 e. The number of ether oxygens (including phenoxy) is 1. The smallest absolute Gasteiger partial charge is 0.252 e. The molecule has 0 bridgehead atoms. The normalized spacial score (nSPS) is 15.0.